The predicted octanol–water partition coefficient (Wildman–Crippen LogP) is 4.53. The molecule has 122 valence electrons. The Hall–Kier alpha value is -0.0800. The van der Waals surface area contributed by atoms with Crippen molar-refractivity contribution in [1.82, 2.24) is 5.32 Å². The number of hydrogen-bond acceptors (Lipinski definition) is 2. The molecule has 3 rings (SSSR count). The quantitative estimate of drug-likeness (QED) is 0.804. The van der Waals surface area contributed by atoms with E-state index in [4.69, 9.17) is 4.74 Å². The molecule has 3 aliphatic rings. The highest BCUT2D eigenvalue weighted by Crippen LogP contribution is 2.53. The van der Waals surface area contributed by atoms with Gasteiger partial charge in [-0.1, -0.05) is 39.0 Å². The smallest absolute Gasteiger partial charge is 0.0661 e. The van der Waals surface area contributed by atoms with Gasteiger partial charge in [0.15, 0.2) is 0 Å². The lowest BCUT2D eigenvalue weighted by Crippen LogP contribution is -2.65. The van der Waals surface area contributed by atoms with Gasteiger partial charge < -0.3 is 10.1 Å². The van der Waals surface area contributed by atoms with Gasteiger partial charge in [0.1, 0.15) is 0 Å². The van der Waals surface area contributed by atoms with E-state index in [1.165, 1.54) is 70.8 Å². The van der Waals surface area contributed by atoms with E-state index in [2.05, 4.69) is 19.2 Å². The maximum atomic E-state index is 6.07. The third kappa shape index (κ3) is 3.32. The van der Waals surface area contributed by atoms with Crippen molar-refractivity contribution in [3.05, 3.63) is 0 Å². The van der Waals surface area contributed by atoms with Crippen LogP contribution in [0.5, 0.6) is 0 Å². The van der Waals surface area contributed by atoms with Crippen molar-refractivity contribution >= 4 is 0 Å². The van der Waals surface area contributed by atoms with Crippen LogP contribution in [0.2, 0.25) is 0 Å². The van der Waals surface area contributed by atoms with E-state index in [0.29, 0.717) is 11.5 Å². The van der Waals surface area contributed by atoms with Crippen molar-refractivity contribution in [2.24, 2.45) is 17.3 Å². The van der Waals surface area contributed by atoms with Crippen molar-refractivity contribution in [3.63, 3.8) is 0 Å². The number of nitrogens with one attached hydrogen (secondary N) is 1. The maximum Gasteiger partial charge on any atom is 0.0661 e. The summed E-state index contributed by atoms with van der Waals surface area (Å²) >= 11 is 0. The van der Waals surface area contributed by atoms with Gasteiger partial charge in [0.2, 0.25) is 0 Å². The Balaban J connectivity index is 1.50. The third-order valence-corrected chi connectivity index (χ3v) is 6.73. The second kappa shape index (κ2) is 7.00. The summed E-state index contributed by atoms with van der Waals surface area (Å²) in [7, 11) is 0. The van der Waals surface area contributed by atoms with Gasteiger partial charge in [0, 0.05) is 18.1 Å². The molecule has 0 radical (unpaired) electrons. The summed E-state index contributed by atoms with van der Waals surface area (Å²) in [6, 6.07) is 0.744. The number of hydrogen-bond donors (Lipinski definition) is 1. The summed E-state index contributed by atoms with van der Waals surface area (Å²) in [6.07, 6.45) is 14.7. The fourth-order valence-electron chi connectivity index (χ4n) is 5.19. The van der Waals surface area contributed by atoms with Crippen LogP contribution in [0.1, 0.15) is 78.1 Å². The Kier molecular flexibility index (Phi) is 5.27. The van der Waals surface area contributed by atoms with Gasteiger partial charge in [-0.25, -0.2) is 0 Å². The predicted molar refractivity (Wildman–Crippen MR) is 88.5 cm³/mol. The summed E-state index contributed by atoms with van der Waals surface area (Å²) in [4.78, 5) is 0. The van der Waals surface area contributed by atoms with Crippen LogP contribution < -0.4 is 5.32 Å². The normalized spacial score (nSPS) is 39.1. The van der Waals surface area contributed by atoms with E-state index in [0.717, 1.165) is 24.5 Å². The SMILES string of the molecule is CCOC1CC(NCC2CCC(C)CC2)C12CCCCC2. The first-order valence-electron chi connectivity index (χ1n) is 9.59. The van der Waals surface area contributed by atoms with Gasteiger partial charge in [0.05, 0.1) is 6.10 Å². The zero-order valence-corrected chi connectivity index (χ0v) is 14.2. The van der Waals surface area contributed by atoms with Crippen LogP contribution in [0.15, 0.2) is 0 Å². The molecule has 0 aromatic rings. The van der Waals surface area contributed by atoms with Crippen molar-refractivity contribution in [3.8, 4) is 0 Å². The van der Waals surface area contributed by atoms with Gasteiger partial charge in [-0.2, -0.15) is 0 Å². The maximum absolute atomic E-state index is 6.07. The van der Waals surface area contributed by atoms with Crippen LogP contribution in [-0.4, -0.2) is 25.3 Å². The van der Waals surface area contributed by atoms with E-state index >= 15 is 0 Å². The largest absolute Gasteiger partial charge is 0.378 e. The lowest BCUT2D eigenvalue weighted by Gasteiger charge is -2.58. The van der Waals surface area contributed by atoms with E-state index in [9.17, 15) is 0 Å². The molecule has 0 heterocycles. The van der Waals surface area contributed by atoms with Gasteiger partial charge in [-0.15, -0.1) is 0 Å². The van der Waals surface area contributed by atoms with Gasteiger partial charge in [-0.3, -0.25) is 0 Å². The van der Waals surface area contributed by atoms with Crippen LogP contribution in [0.25, 0.3) is 0 Å². The fraction of sp³-hybridized carbons (Fsp3) is 1.00. The summed E-state index contributed by atoms with van der Waals surface area (Å²) in [5, 5.41) is 3.97. The average Bonchev–Trinajstić information content (AvgIpc) is 2.52. The van der Waals surface area contributed by atoms with E-state index < -0.39 is 0 Å². The lowest BCUT2D eigenvalue weighted by molar-refractivity contribution is -0.150. The first-order chi connectivity index (χ1) is 10.2. The Morgan fingerprint density at radius 1 is 1.05 bits per heavy atom. The minimum atomic E-state index is 0.496. The van der Waals surface area contributed by atoms with Crippen LogP contribution in [-0.2, 0) is 4.74 Å². The number of ether oxygens (including phenoxy) is 1. The van der Waals surface area contributed by atoms with Crippen LogP contribution in [0, 0.1) is 17.3 Å². The highest BCUT2D eigenvalue weighted by atomic mass is 16.5. The van der Waals surface area contributed by atoms with Gasteiger partial charge in [0.25, 0.3) is 0 Å². The summed E-state index contributed by atoms with van der Waals surface area (Å²) in [5.74, 6) is 1.91. The molecule has 0 aliphatic heterocycles. The van der Waals surface area contributed by atoms with E-state index in [1.54, 1.807) is 0 Å². The highest BCUT2D eigenvalue weighted by Gasteiger charge is 2.55. The molecule has 2 nitrogen and oxygen atoms in total. The van der Waals surface area contributed by atoms with Gasteiger partial charge >= 0.3 is 0 Å². The first-order valence-corrected chi connectivity index (χ1v) is 9.59. The van der Waals surface area contributed by atoms with Crippen LogP contribution in [0.4, 0.5) is 0 Å². The Bertz CT molecular complexity index is 316. The Morgan fingerprint density at radius 2 is 1.76 bits per heavy atom. The Labute approximate surface area is 131 Å². The molecule has 0 saturated heterocycles. The molecule has 0 amide bonds. The molecule has 21 heavy (non-hydrogen) atoms. The minimum absolute atomic E-state index is 0.496. The second-order valence-electron chi connectivity index (χ2n) is 8.06. The van der Waals surface area contributed by atoms with E-state index in [-0.39, 0.29) is 0 Å². The van der Waals surface area contributed by atoms with Crippen molar-refractivity contribution in [1.29, 1.82) is 0 Å². The lowest BCUT2D eigenvalue weighted by atomic mass is 9.55. The topological polar surface area (TPSA) is 21.3 Å². The summed E-state index contributed by atoms with van der Waals surface area (Å²) in [5.41, 5.74) is 0.496. The first kappa shape index (κ1) is 15.8. The molecule has 2 unspecified atom stereocenters. The van der Waals surface area contributed by atoms with E-state index in [1.807, 2.05) is 0 Å². The molecule has 3 aliphatic carbocycles. The van der Waals surface area contributed by atoms with Crippen LogP contribution >= 0.6 is 0 Å². The van der Waals surface area contributed by atoms with Gasteiger partial charge in [-0.05, 0) is 57.4 Å². The third-order valence-electron chi connectivity index (χ3n) is 6.73. The molecular weight excluding hydrogens is 258 g/mol. The Morgan fingerprint density at radius 3 is 2.43 bits per heavy atom. The highest BCUT2D eigenvalue weighted by molar-refractivity contribution is 5.09. The van der Waals surface area contributed by atoms with Crippen molar-refractivity contribution in [2.75, 3.05) is 13.2 Å². The molecule has 0 aromatic carbocycles. The van der Waals surface area contributed by atoms with Crippen molar-refractivity contribution < 1.29 is 4.74 Å². The zero-order chi connectivity index (χ0) is 14.7. The molecule has 3 fully saturated rings. The summed E-state index contributed by atoms with van der Waals surface area (Å²) in [6.45, 7) is 6.72. The second-order valence-corrected chi connectivity index (χ2v) is 8.06. The molecule has 0 bridgehead atoms. The standard InChI is InChI=1S/C19H35NO/c1-3-21-18-13-17(19(18)11-5-4-6-12-19)20-14-16-9-7-15(2)8-10-16/h15-18,20H,3-14H2,1-2H3. The molecule has 0 aromatic heterocycles. The molecule has 1 N–H and O–H groups in total. The minimum Gasteiger partial charge on any atom is -0.378 e. The average molecular weight is 293 g/mol. The van der Waals surface area contributed by atoms with Crippen LogP contribution in [0.3, 0.4) is 0 Å². The summed E-state index contributed by atoms with van der Waals surface area (Å²) < 4.78 is 6.07. The molecular formula is C19H35NO. The van der Waals surface area contributed by atoms with Crippen molar-refractivity contribution in [2.45, 2.75) is 90.2 Å². The fourth-order valence-corrected chi connectivity index (χ4v) is 5.19. The molecule has 2 atom stereocenters. The monoisotopic (exact) mass is 293 g/mol. The zero-order valence-electron chi connectivity index (χ0n) is 14.2. The molecule has 2 heteroatoms. The molecule has 3 saturated carbocycles. The number of rotatable bonds is 5. The molecule has 1 spiro atoms.